The van der Waals surface area contributed by atoms with Crippen molar-refractivity contribution >= 4 is 35.0 Å². The fourth-order valence-electron chi connectivity index (χ4n) is 5.23. The molecule has 44 heavy (non-hydrogen) atoms. The fraction of sp³-hybridized carbons (Fsp3) is 0.531. The molecule has 0 N–H and O–H groups in total. The van der Waals surface area contributed by atoms with Crippen molar-refractivity contribution < 1.29 is 4.57 Å². The summed E-state index contributed by atoms with van der Waals surface area (Å²) in [6.45, 7) is 15.5. The maximum absolute atomic E-state index is 4.67. The van der Waals surface area contributed by atoms with E-state index in [1.807, 2.05) is 51.8 Å². The summed E-state index contributed by atoms with van der Waals surface area (Å²) < 4.78 is 3.84. The van der Waals surface area contributed by atoms with E-state index in [0.29, 0.717) is 0 Å². The summed E-state index contributed by atoms with van der Waals surface area (Å²) in [5, 5.41) is 28.9. The Morgan fingerprint density at radius 1 is 0.750 bits per heavy atom. The molecule has 3 aromatic rings. The largest absolute Gasteiger partial charge is 0.403 e. The Morgan fingerprint density at radius 2 is 1.34 bits per heavy atom. The second kappa shape index (κ2) is 15.4. The molecule has 0 saturated carbocycles. The van der Waals surface area contributed by atoms with E-state index in [4.69, 9.17) is 0 Å². The van der Waals surface area contributed by atoms with Crippen molar-refractivity contribution in [2.24, 2.45) is 25.6 Å². The third-order valence-electron chi connectivity index (χ3n) is 8.14. The van der Waals surface area contributed by atoms with Gasteiger partial charge in [0.15, 0.2) is 0 Å². The van der Waals surface area contributed by atoms with Crippen LogP contribution in [0.2, 0.25) is 0 Å². The number of aryl methyl sites for hydroxylation is 2. The maximum atomic E-state index is 4.67. The number of anilines is 2. The minimum Gasteiger partial charge on any atom is -0.375 e. The van der Waals surface area contributed by atoms with E-state index in [1.165, 1.54) is 17.8 Å². The second-order valence-corrected chi connectivity index (χ2v) is 11.1. The van der Waals surface area contributed by atoms with Gasteiger partial charge in [0.25, 0.3) is 0 Å². The predicted molar refractivity (Wildman–Crippen MR) is 177 cm³/mol. The number of unbranched alkanes of at least 4 members (excludes halogenated alkanes) is 2. The highest BCUT2D eigenvalue weighted by Gasteiger charge is 2.39. The molecule has 0 spiro atoms. The number of azo groups is 2. The van der Waals surface area contributed by atoms with E-state index in [2.05, 4.69) is 111 Å². The molecule has 0 radical (unpaired) electrons. The third-order valence-corrected chi connectivity index (χ3v) is 8.14. The quantitative estimate of drug-likeness (QED) is 0.103. The van der Waals surface area contributed by atoms with Gasteiger partial charge in [-0.05, 0) is 101 Å². The summed E-state index contributed by atoms with van der Waals surface area (Å²) in [6, 6.07) is 16.6. The highest BCUT2D eigenvalue weighted by atomic mass is 15.7. The SMILES string of the molecule is CCN1C=NN(CC)C1(C)/N=N\c1ccc(N(C)CCCCCN(C)c2ccc(/N=N\c3n(CC)nc[n+]3CC)cc2)cc1. The Kier molecular flexibility index (Phi) is 11.4. The van der Waals surface area contributed by atoms with Crippen molar-refractivity contribution in [3.8, 4) is 0 Å². The lowest BCUT2D eigenvalue weighted by molar-refractivity contribution is -0.681. The maximum Gasteiger partial charge on any atom is 0.403 e. The highest BCUT2D eigenvalue weighted by Crippen LogP contribution is 2.29. The molecule has 0 saturated heterocycles. The van der Waals surface area contributed by atoms with Crippen LogP contribution in [0.1, 0.15) is 53.9 Å². The van der Waals surface area contributed by atoms with E-state index in [9.17, 15) is 0 Å². The number of aromatic nitrogens is 3. The molecule has 1 aliphatic heterocycles. The molecular weight excluding hydrogens is 552 g/mol. The van der Waals surface area contributed by atoms with E-state index in [0.717, 1.165) is 69.4 Å². The summed E-state index contributed by atoms with van der Waals surface area (Å²) in [5.74, 6) is 0.179. The zero-order valence-electron chi connectivity index (χ0n) is 27.5. The Balaban J connectivity index is 1.19. The van der Waals surface area contributed by atoms with Gasteiger partial charge in [-0.25, -0.2) is 9.58 Å². The van der Waals surface area contributed by atoms with Crippen LogP contribution in [0.4, 0.5) is 28.7 Å². The van der Waals surface area contributed by atoms with Gasteiger partial charge in [0.2, 0.25) is 12.1 Å². The van der Waals surface area contributed by atoms with Crippen LogP contribution in [0.15, 0.2) is 80.4 Å². The van der Waals surface area contributed by atoms with E-state index in [1.54, 1.807) is 6.33 Å². The summed E-state index contributed by atoms with van der Waals surface area (Å²) in [4.78, 5) is 6.69. The van der Waals surface area contributed by atoms with E-state index in [-0.39, 0.29) is 0 Å². The van der Waals surface area contributed by atoms with Crippen LogP contribution in [-0.4, -0.2) is 72.1 Å². The zero-order chi connectivity index (χ0) is 31.5. The van der Waals surface area contributed by atoms with Crippen molar-refractivity contribution in [2.75, 3.05) is 50.1 Å². The second-order valence-electron chi connectivity index (χ2n) is 11.1. The molecule has 12 heteroatoms. The van der Waals surface area contributed by atoms with Crippen molar-refractivity contribution in [3.63, 3.8) is 0 Å². The molecular formula is C32H49N12+. The van der Waals surface area contributed by atoms with Gasteiger partial charge in [-0.3, -0.25) is 0 Å². The number of benzene rings is 2. The fourth-order valence-corrected chi connectivity index (χ4v) is 5.23. The molecule has 0 aliphatic carbocycles. The summed E-state index contributed by atoms with van der Waals surface area (Å²) >= 11 is 0. The Bertz CT molecular complexity index is 1360. The monoisotopic (exact) mass is 601 g/mol. The van der Waals surface area contributed by atoms with Crippen LogP contribution < -0.4 is 14.4 Å². The van der Waals surface area contributed by atoms with E-state index < -0.39 is 5.79 Å². The molecule has 2 heterocycles. The normalized spacial score (nSPS) is 16.6. The lowest BCUT2D eigenvalue weighted by Crippen LogP contribution is -2.49. The van der Waals surface area contributed by atoms with Crippen LogP contribution in [0, 0.1) is 0 Å². The molecule has 1 atom stereocenters. The van der Waals surface area contributed by atoms with Crippen LogP contribution in [-0.2, 0) is 13.1 Å². The van der Waals surface area contributed by atoms with Gasteiger partial charge in [0, 0.05) is 63.7 Å². The first-order chi connectivity index (χ1) is 21.3. The summed E-state index contributed by atoms with van der Waals surface area (Å²) in [7, 11) is 4.29. The Labute approximate surface area is 262 Å². The number of nitrogens with zero attached hydrogens (tertiary/aromatic N) is 12. The van der Waals surface area contributed by atoms with Gasteiger partial charge in [-0.1, -0.05) is 5.11 Å². The summed E-state index contributed by atoms with van der Waals surface area (Å²) in [5.41, 5.74) is 4.04. The molecule has 236 valence electrons. The number of hydrogen-bond donors (Lipinski definition) is 0. The number of hydrazone groups is 1. The Morgan fingerprint density at radius 3 is 1.86 bits per heavy atom. The Hall–Kier alpha value is -4.35. The van der Waals surface area contributed by atoms with Gasteiger partial charge in [-0.2, -0.15) is 10.2 Å². The zero-order valence-corrected chi connectivity index (χ0v) is 27.5. The first kappa shape index (κ1) is 32.6. The molecule has 12 nitrogen and oxygen atoms in total. The molecule has 1 aliphatic rings. The lowest BCUT2D eigenvalue weighted by atomic mass is 10.2. The molecule has 4 rings (SSSR count). The average molecular weight is 602 g/mol. The van der Waals surface area contributed by atoms with Crippen LogP contribution in [0.25, 0.3) is 0 Å². The molecule has 0 bridgehead atoms. The standard InChI is InChI=1S/C32H49N12/c1-8-41-25-33-43(10-3)31(41)37-35-27-15-19-29(20-16-27)39(6)23-13-12-14-24-40(7)30-21-17-28(18-22-30)36-38-32(5)42(9-2)26-34-44(32)11-4/h15-22,25-26H,8-14,23-24H2,1-7H3/q+1/b38-36-. The predicted octanol–water partition coefficient (Wildman–Crippen LogP) is 6.73. The van der Waals surface area contributed by atoms with Crippen molar-refractivity contribution in [3.05, 3.63) is 54.9 Å². The first-order valence-electron chi connectivity index (χ1n) is 15.8. The van der Waals surface area contributed by atoms with Crippen molar-refractivity contribution in [1.29, 1.82) is 0 Å². The van der Waals surface area contributed by atoms with Gasteiger partial charge in [0.1, 0.15) is 6.34 Å². The third kappa shape index (κ3) is 7.78. The molecule has 1 unspecified atom stereocenters. The topological polar surface area (TPSA) is 96.5 Å². The van der Waals surface area contributed by atoms with Crippen LogP contribution in [0.3, 0.4) is 0 Å². The van der Waals surface area contributed by atoms with Crippen LogP contribution in [0.5, 0.6) is 0 Å². The number of hydrogen-bond acceptors (Lipinski definition) is 10. The lowest BCUT2D eigenvalue weighted by Gasteiger charge is -2.35. The van der Waals surface area contributed by atoms with Crippen LogP contribution >= 0.6 is 0 Å². The van der Waals surface area contributed by atoms with Crippen molar-refractivity contribution in [1.82, 2.24) is 19.7 Å². The molecule has 1 aromatic heterocycles. The highest BCUT2D eigenvalue weighted by molar-refractivity contribution is 5.58. The van der Waals surface area contributed by atoms with Gasteiger partial charge in [0.05, 0.1) is 24.5 Å². The first-order valence-corrected chi connectivity index (χ1v) is 15.8. The van der Waals surface area contributed by atoms with Gasteiger partial charge >= 0.3 is 5.95 Å². The molecule has 0 fully saturated rings. The minimum atomic E-state index is -0.582. The minimum absolute atomic E-state index is 0.582. The number of rotatable bonds is 16. The molecule has 2 aromatic carbocycles. The summed E-state index contributed by atoms with van der Waals surface area (Å²) in [6.07, 6.45) is 7.08. The van der Waals surface area contributed by atoms with Gasteiger partial charge in [-0.15, -0.1) is 9.80 Å². The average Bonchev–Trinajstić information content (AvgIpc) is 3.61. The molecule has 0 amide bonds. The van der Waals surface area contributed by atoms with Gasteiger partial charge < -0.3 is 14.7 Å². The smallest absolute Gasteiger partial charge is 0.375 e. The van der Waals surface area contributed by atoms with Crippen molar-refractivity contribution in [2.45, 2.75) is 72.8 Å². The van der Waals surface area contributed by atoms with E-state index >= 15 is 0 Å².